The van der Waals surface area contributed by atoms with Crippen LogP contribution in [-0.4, -0.2) is 47.4 Å². The summed E-state index contributed by atoms with van der Waals surface area (Å²) in [5, 5.41) is 3.88. The van der Waals surface area contributed by atoms with E-state index in [9.17, 15) is 4.79 Å². The van der Waals surface area contributed by atoms with Crippen LogP contribution >= 0.6 is 0 Å². The number of piperazine rings is 1. The Morgan fingerprint density at radius 3 is 1.96 bits per heavy atom. The molecule has 2 saturated carbocycles. The Bertz CT molecular complexity index is 884. The Kier molecular flexibility index (Phi) is 3.93. The highest BCUT2D eigenvalue weighted by Gasteiger charge is 2.87. The molecule has 0 unspecified atom stereocenters. The van der Waals surface area contributed by atoms with Crippen LogP contribution in [0.25, 0.3) is 10.4 Å². The van der Waals surface area contributed by atoms with E-state index in [1.54, 1.807) is 0 Å². The molecule has 28 heavy (non-hydrogen) atoms. The topological polar surface area (TPSA) is 72.3 Å². The maximum atomic E-state index is 12.9. The average molecular weight is 373 g/mol. The van der Waals surface area contributed by atoms with E-state index in [1.807, 2.05) is 17.0 Å². The zero-order valence-corrected chi connectivity index (χ0v) is 15.7. The zero-order valence-electron chi connectivity index (χ0n) is 15.7. The van der Waals surface area contributed by atoms with Gasteiger partial charge in [-0.3, -0.25) is 9.69 Å². The van der Waals surface area contributed by atoms with Crippen LogP contribution in [0.15, 0.2) is 65.8 Å². The normalized spacial score (nSPS) is 28.4. The van der Waals surface area contributed by atoms with Crippen LogP contribution in [0.2, 0.25) is 0 Å². The minimum atomic E-state index is -0.382. The smallest absolute Gasteiger partial charge is 0.229 e. The molecule has 6 nitrogen and oxygen atoms in total. The number of carbonyl (C=O) groups excluding carboxylic acids is 1. The molecule has 3 fully saturated rings. The first-order valence-electron chi connectivity index (χ1n) is 9.89. The first-order chi connectivity index (χ1) is 13.7. The third-order valence-corrected chi connectivity index (χ3v) is 6.67. The Hall–Kier alpha value is -2.82. The molecular formula is C22H23N5O. The predicted octanol–water partition coefficient (Wildman–Crippen LogP) is 3.76. The highest BCUT2D eigenvalue weighted by Crippen LogP contribution is 2.81. The summed E-state index contributed by atoms with van der Waals surface area (Å²) in [4.78, 5) is 20.3. The molecule has 0 radical (unpaired) electrons. The van der Waals surface area contributed by atoms with Gasteiger partial charge in [-0.1, -0.05) is 65.8 Å². The molecule has 1 saturated heterocycles. The average Bonchev–Trinajstić information content (AvgIpc) is 3.57. The van der Waals surface area contributed by atoms with E-state index in [-0.39, 0.29) is 22.9 Å². The van der Waals surface area contributed by atoms with Crippen molar-refractivity contribution in [2.24, 2.45) is 10.5 Å². The van der Waals surface area contributed by atoms with Gasteiger partial charge in [0.2, 0.25) is 5.91 Å². The predicted molar refractivity (Wildman–Crippen MR) is 106 cm³/mol. The van der Waals surface area contributed by atoms with E-state index in [0.717, 1.165) is 39.0 Å². The first-order valence-corrected chi connectivity index (χ1v) is 9.89. The van der Waals surface area contributed by atoms with Gasteiger partial charge in [-0.2, -0.15) is 0 Å². The number of hydrogen-bond acceptors (Lipinski definition) is 3. The lowest BCUT2D eigenvalue weighted by Gasteiger charge is -2.40. The zero-order chi connectivity index (χ0) is 19.2. The molecule has 6 heteroatoms. The van der Waals surface area contributed by atoms with Gasteiger partial charge in [-0.15, -0.1) is 0 Å². The van der Waals surface area contributed by atoms with Gasteiger partial charge in [0.1, 0.15) is 0 Å². The molecule has 5 rings (SSSR count). The number of azide groups is 1. The molecule has 0 spiro atoms. The summed E-state index contributed by atoms with van der Waals surface area (Å²) < 4.78 is 0. The van der Waals surface area contributed by atoms with Gasteiger partial charge in [0.05, 0.1) is 17.0 Å². The fourth-order valence-corrected chi connectivity index (χ4v) is 4.83. The largest absolute Gasteiger partial charge is 0.340 e. The summed E-state index contributed by atoms with van der Waals surface area (Å²) in [6.07, 6.45) is 1.47. The van der Waals surface area contributed by atoms with Crippen molar-refractivity contribution in [3.8, 4) is 0 Å². The lowest BCUT2D eigenvalue weighted by molar-refractivity contribution is -0.136. The molecule has 1 heterocycles. The van der Waals surface area contributed by atoms with Crippen molar-refractivity contribution in [3.05, 3.63) is 82.2 Å². The second-order valence-electron chi connectivity index (χ2n) is 8.21. The quantitative estimate of drug-likeness (QED) is 0.455. The van der Waals surface area contributed by atoms with Crippen LogP contribution in [0.1, 0.15) is 30.0 Å². The van der Waals surface area contributed by atoms with Crippen molar-refractivity contribution >= 4 is 5.91 Å². The van der Waals surface area contributed by atoms with E-state index in [4.69, 9.17) is 5.53 Å². The van der Waals surface area contributed by atoms with Gasteiger partial charge < -0.3 is 4.90 Å². The maximum absolute atomic E-state index is 12.9. The maximum Gasteiger partial charge on any atom is 0.229 e. The number of fused-ring (bicyclic) bond motifs is 1. The SMILES string of the molecule is [N-]=[N+]=NC12CC1(C(=O)N1CCN(C(c3ccccc3)c3ccccc3)CC1)C2. The Morgan fingerprint density at radius 1 is 0.929 bits per heavy atom. The Morgan fingerprint density at radius 2 is 1.46 bits per heavy atom. The third-order valence-electron chi connectivity index (χ3n) is 6.67. The second kappa shape index (κ2) is 6.36. The number of hydrogen-bond donors (Lipinski definition) is 0. The standard InChI is InChI=1S/C22H23N5O/c23-25-24-22-15-21(22,16-22)20(28)27-13-11-26(12-14-27)19(17-7-3-1-4-8-17)18-9-5-2-6-10-18/h1-10,19H,11-16H2. The molecule has 0 bridgehead atoms. The van der Waals surface area contributed by atoms with Crippen LogP contribution in [0.4, 0.5) is 0 Å². The van der Waals surface area contributed by atoms with Gasteiger partial charge in [-0.05, 0) is 29.5 Å². The lowest BCUT2D eigenvalue weighted by Crippen LogP contribution is -2.51. The molecule has 142 valence electrons. The summed E-state index contributed by atoms with van der Waals surface area (Å²) >= 11 is 0. The van der Waals surface area contributed by atoms with Gasteiger partial charge >= 0.3 is 0 Å². The van der Waals surface area contributed by atoms with Crippen LogP contribution < -0.4 is 0 Å². The van der Waals surface area contributed by atoms with Crippen LogP contribution in [0.3, 0.4) is 0 Å². The first kappa shape index (κ1) is 17.3. The molecule has 3 aliphatic rings. The number of rotatable bonds is 5. The number of amides is 1. The third kappa shape index (κ3) is 2.60. The van der Waals surface area contributed by atoms with Crippen molar-refractivity contribution in [2.45, 2.75) is 24.4 Å². The summed E-state index contributed by atoms with van der Waals surface area (Å²) in [5.74, 6) is 0.190. The monoisotopic (exact) mass is 373 g/mol. The van der Waals surface area contributed by atoms with Crippen LogP contribution in [-0.2, 0) is 4.79 Å². The number of carbonyl (C=O) groups is 1. The Labute approximate surface area is 164 Å². The molecule has 1 aliphatic heterocycles. The second-order valence-corrected chi connectivity index (χ2v) is 8.21. The van der Waals surface area contributed by atoms with Crippen molar-refractivity contribution < 1.29 is 4.79 Å². The summed E-state index contributed by atoms with van der Waals surface area (Å²) in [6, 6.07) is 21.3. The van der Waals surface area contributed by atoms with Gasteiger partial charge in [0.15, 0.2) is 0 Å². The van der Waals surface area contributed by atoms with Crippen molar-refractivity contribution in [1.82, 2.24) is 9.80 Å². The molecule has 2 aliphatic carbocycles. The van der Waals surface area contributed by atoms with Crippen LogP contribution in [0, 0.1) is 5.41 Å². The van der Waals surface area contributed by atoms with E-state index < -0.39 is 0 Å². The highest BCUT2D eigenvalue weighted by atomic mass is 16.2. The van der Waals surface area contributed by atoms with E-state index in [0.29, 0.717) is 0 Å². The highest BCUT2D eigenvalue weighted by molar-refractivity contribution is 5.94. The fourth-order valence-electron chi connectivity index (χ4n) is 4.83. The summed E-state index contributed by atoms with van der Waals surface area (Å²) in [7, 11) is 0. The summed E-state index contributed by atoms with van der Waals surface area (Å²) in [6.45, 7) is 3.13. The van der Waals surface area contributed by atoms with E-state index in [1.165, 1.54) is 11.1 Å². The van der Waals surface area contributed by atoms with Crippen molar-refractivity contribution in [1.29, 1.82) is 0 Å². The molecular weight excluding hydrogens is 350 g/mol. The molecule has 2 aromatic carbocycles. The minimum absolute atomic E-state index is 0.190. The number of nitrogens with zero attached hydrogens (tertiary/aromatic N) is 5. The van der Waals surface area contributed by atoms with E-state index >= 15 is 0 Å². The fraction of sp³-hybridized carbons (Fsp3) is 0.409. The van der Waals surface area contributed by atoms with Crippen LogP contribution in [0.5, 0.6) is 0 Å². The molecule has 1 amide bonds. The van der Waals surface area contributed by atoms with Gasteiger partial charge in [0, 0.05) is 31.1 Å². The minimum Gasteiger partial charge on any atom is -0.340 e. The molecule has 0 atom stereocenters. The van der Waals surface area contributed by atoms with Crippen molar-refractivity contribution in [2.75, 3.05) is 26.2 Å². The van der Waals surface area contributed by atoms with Crippen molar-refractivity contribution in [3.63, 3.8) is 0 Å². The molecule has 0 N–H and O–H groups in total. The van der Waals surface area contributed by atoms with Gasteiger partial charge in [0.25, 0.3) is 0 Å². The Balaban J connectivity index is 1.31. The molecule has 2 aromatic rings. The lowest BCUT2D eigenvalue weighted by atomic mass is 9.96. The van der Waals surface area contributed by atoms with E-state index in [2.05, 4.69) is 63.5 Å². The van der Waals surface area contributed by atoms with Gasteiger partial charge in [-0.25, -0.2) is 0 Å². The number of benzene rings is 2. The molecule has 0 aromatic heterocycles. The summed E-state index contributed by atoms with van der Waals surface area (Å²) in [5.41, 5.74) is 10.5.